The molecule has 1 N–H and O–H groups in total. The number of carbonyl (C=O) groups excluding carboxylic acids is 3. The molecule has 1 atom stereocenters. The Bertz CT molecular complexity index is 480. The van der Waals surface area contributed by atoms with Gasteiger partial charge in [-0.3, -0.25) is 19.3 Å². The zero-order valence-corrected chi connectivity index (χ0v) is 18.4. The number of carbonyl (C=O) groups is 3. The molecule has 156 valence electrons. The molecule has 6 heteroatoms. The molecule has 1 aliphatic rings. The summed E-state index contributed by atoms with van der Waals surface area (Å²) in [6.07, 6.45) is 7.50. The first-order chi connectivity index (χ1) is 12.8. The maximum absolute atomic E-state index is 12.4. The van der Waals surface area contributed by atoms with Crippen LogP contribution in [0, 0.1) is 11.8 Å². The summed E-state index contributed by atoms with van der Waals surface area (Å²) in [5, 5.41) is 2.60. The third-order valence-corrected chi connectivity index (χ3v) is 6.10. The van der Waals surface area contributed by atoms with Gasteiger partial charge in [0.15, 0.2) is 0 Å². The first kappa shape index (κ1) is 24.0. The van der Waals surface area contributed by atoms with Gasteiger partial charge >= 0.3 is 0 Å². The number of nitrogens with one attached hydrogen (secondary N) is 1. The van der Waals surface area contributed by atoms with E-state index in [1.54, 1.807) is 11.8 Å². The SMILES string of the molecule is CC(C)CCCCCCSC1CC(=O)N(CCC(=O)NCCC(C)C)C1=O. The summed E-state index contributed by atoms with van der Waals surface area (Å²) in [5.74, 6) is 1.90. The zero-order valence-electron chi connectivity index (χ0n) is 17.6. The Morgan fingerprint density at radius 1 is 1.07 bits per heavy atom. The lowest BCUT2D eigenvalue weighted by Gasteiger charge is -2.15. The quantitative estimate of drug-likeness (QED) is 0.355. The average Bonchev–Trinajstić information content (AvgIpc) is 2.85. The lowest BCUT2D eigenvalue weighted by Crippen LogP contribution is -2.35. The van der Waals surface area contributed by atoms with E-state index >= 15 is 0 Å². The van der Waals surface area contributed by atoms with Gasteiger partial charge in [-0.2, -0.15) is 0 Å². The Kier molecular flexibility index (Phi) is 11.7. The molecule has 3 amide bonds. The molecule has 1 rings (SSSR count). The van der Waals surface area contributed by atoms with E-state index in [2.05, 4.69) is 33.0 Å². The number of hydrogen-bond donors (Lipinski definition) is 1. The molecule has 0 saturated carbocycles. The fourth-order valence-electron chi connectivity index (χ4n) is 3.05. The fraction of sp³-hybridized carbons (Fsp3) is 0.857. The average molecular weight is 399 g/mol. The highest BCUT2D eigenvalue weighted by Crippen LogP contribution is 2.26. The van der Waals surface area contributed by atoms with Gasteiger partial charge in [0.2, 0.25) is 17.7 Å². The molecule has 0 radical (unpaired) electrons. The van der Waals surface area contributed by atoms with Crippen LogP contribution in [0.15, 0.2) is 0 Å². The topological polar surface area (TPSA) is 66.5 Å². The third kappa shape index (κ3) is 10.2. The van der Waals surface area contributed by atoms with Crippen LogP contribution in [0.25, 0.3) is 0 Å². The normalized spacial score (nSPS) is 17.4. The minimum Gasteiger partial charge on any atom is -0.356 e. The van der Waals surface area contributed by atoms with Crippen LogP contribution in [0.5, 0.6) is 0 Å². The number of likely N-dealkylation sites (tertiary alicyclic amines) is 1. The van der Waals surface area contributed by atoms with Crippen LogP contribution in [0.1, 0.15) is 79.1 Å². The summed E-state index contributed by atoms with van der Waals surface area (Å²) < 4.78 is 0. The maximum Gasteiger partial charge on any atom is 0.242 e. The van der Waals surface area contributed by atoms with Crippen LogP contribution >= 0.6 is 11.8 Å². The van der Waals surface area contributed by atoms with Gasteiger partial charge in [0.25, 0.3) is 0 Å². The van der Waals surface area contributed by atoms with Crippen LogP contribution < -0.4 is 5.32 Å². The molecule has 0 aromatic heterocycles. The second-order valence-corrected chi connectivity index (χ2v) is 9.64. The predicted octanol–water partition coefficient (Wildman–Crippen LogP) is 4.01. The van der Waals surface area contributed by atoms with Crippen LogP contribution in [0.3, 0.4) is 0 Å². The maximum atomic E-state index is 12.4. The number of unbranched alkanes of at least 4 members (excludes halogenated alkanes) is 3. The monoisotopic (exact) mass is 398 g/mol. The minimum absolute atomic E-state index is 0.0891. The van der Waals surface area contributed by atoms with E-state index in [1.807, 2.05) is 0 Å². The Balaban J connectivity index is 2.19. The van der Waals surface area contributed by atoms with Crippen molar-refractivity contribution in [3.63, 3.8) is 0 Å². The van der Waals surface area contributed by atoms with E-state index in [1.165, 1.54) is 30.6 Å². The molecule has 0 spiro atoms. The van der Waals surface area contributed by atoms with Gasteiger partial charge < -0.3 is 5.32 Å². The first-order valence-corrected chi connectivity index (χ1v) is 11.6. The van der Waals surface area contributed by atoms with Gasteiger partial charge in [-0.05, 0) is 30.4 Å². The summed E-state index contributed by atoms with van der Waals surface area (Å²) in [5.41, 5.74) is 0. The highest BCUT2D eigenvalue weighted by Gasteiger charge is 2.38. The van der Waals surface area contributed by atoms with E-state index in [0.29, 0.717) is 12.5 Å². The second kappa shape index (κ2) is 13.2. The van der Waals surface area contributed by atoms with E-state index < -0.39 is 0 Å². The van der Waals surface area contributed by atoms with E-state index in [0.717, 1.165) is 24.5 Å². The molecular weight excluding hydrogens is 360 g/mol. The standard InChI is InChI=1S/C21H38N2O3S/c1-16(2)9-7-5-6-8-14-27-18-15-20(25)23(21(18)26)13-11-19(24)22-12-10-17(3)4/h16-18H,5-15H2,1-4H3,(H,22,24). The lowest BCUT2D eigenvalue weighted by atomic mass is 10.0. The van der Waals surface area contributed by atoms with Crippen molar-refractivity contribution in [2.45, 2.75) is 84.3 Å². The molecule has 1 saturated heterocycles. The van der Waals surface area contributed by atoms with Crippen LogP contribution in [-0.4, -0.2) is 46.7 Å². The van der Waals surface area contributed by atoms with Gasteiger partial charge in [0, 0.05) is 25.9 Å². The molecule has 0 aromatic rings. The van der Waals surface area contributed by atoms with Crippen molar-refractivity contribution in [2.75, 3.05) is 18.8 Å². The molecule has 1 heterocycles. The molecule has 1 unspecified atom stereocenters. The summed E-state index contributed by atoms with van der Waals surface area (Å²) in [6.45, 7) is 9.57. The van der Waals surface area contributed by atoms with Gasteiger partial charge in [-0.25, -0.2) is 0 Å². The summed E-state index contributed by atoms with van der Waals surface area (Å²) >= 11 is 1.60. The Morgan fingerprint density at radius 3 is 2.41 bits per heavy atom. The van der Waals surface area contributed by atoms with Gasteiger partial charge in [-0.1, -0.05) is 53.4 Å². The third-order valence-electron chi connectivity index (χ3n) is 4.80. The van der Waals surface area contributed by atoms with E-state index in [9.17, 15) is 14.4 Å². The first-order valence-electron chi connectivity index (χ1n) is 10.5. The molecule has 0 bridgehead atoms. The predicted molar refractivity (Wildman–Crippen MR) is 113 cm³/mol. The molecule has 1 fully saturated rings. The van der Waals surface area contributed by atoms with Crippen molar-refractivity contribution >= 4 is 29.5 Å². The minimum atomic E-state index is -0.253. The molecule has 1 aliphatic heterocycles. The van der Waals surface area contributed by atoms with Crippen LogP contribution in [0.4, 0.5) is 0 Å². The molecule has 0 aromatic carbocycles. The number of nitrogens with zero attached hydrogens (tertiary/aromatic N) is 1. The summed E-state index contributed by atoms with van der Waals surface area (Å²) in [6, 6.07) is 0. The number of amides is 3. The van der Waals surface area contributed by atoms with Crippen molar-refractivity contribution < 1.29 is 14.4 Å². The molecule has 27 heavy (non-hydrogen) atoms. The van der Waals surface area contributed by atoms with Crippen molar-refractivity contribution in [3.05, 3.63) is 0 Å². The highest BCUT2D eigenvalue weighted by molar-refractivity contribution is 8.00. The molecule has 0 aliphatic carbocycles. The number of hydrogen-bond acceptors (Lipinski definition) is 4. The highest BCUT2D eigenvalue weighted by atomic mass is 32.2. The molecular formula is C21H38N2O3S. The second-order valence-electron chi connectivity index (χ2n) is 8.33. The number of thioether (sulfide) groups is 1. The van der Waals surface area contributed by atoms with Gasteiger partial charge in [-0.15, -0.1) is 11.8 Å². The van der Waals surface area contributed by atoms with E-state index in [4.69, 9.17) is 0 Å². The number of rotatable bonds is 14. The van der Waals surface area contributed by atoms with Crippen LogP contribution in [0.2, 0.25) is 0 Å². The Morgan fingerprint density at radius 2 is 1.74 bits per heavy atom. The number of imide groups is 1. The van der Waals surface area contributed by atoms with Gasteiger partial charge in [0.05, 0.1) is 5.25 Å². The van der Waals surface area contributed by atoms with Gasteiger partial charge in [0.1, 0.15) is 0 Å². The molecule has 5 nitrogen and oxygen atoms in total. The smallest absolute Gasteiger partial charge is 0.242 e. The Labute approximate surface area is 169 Å². The van der Waals surface area contributed by atoms with E-state index in [-0.39, 0.29) is 42.4 Å². The fourth-order valence-corrected chi connectivity index (χ4v) is 4.24. The van der Waals surface area contributed by atoms with Crippen molar-refractivity contribution in [3.8, 4) is 0 Å². The summed E-state index contributed by atoms with van der Waals surface area (Å²) in [7, 11) is 0. The van der Waals surface area contributed by atoms with Crippen molar-refractivity contribution in [1.29, 1.82) is 0 Å². The van der Waals surface area contributed by atoms with Crippen LogP contribution in [-0.2, 0) is 14.4 Å². The zero-order chi connectivity index (χ0) is 20.2. The Hall–Kier alpha value is -1.04. The lowest BCUT2D eigenvalue weighted by molar-refractivity contribution is -0.138. The van der Waals surface area contributed by atoms with Crippen molar-refractivity contribution in [1.82, 2.24) is 10.2 Å². The van der Waals surface area contributed by atoms with Crippen molar-refractivity contribution in [2.24, 2.45) is 11.8 Å². The largest absolute Gasteiger partial charge is 0.356 e. The summed E-state index contributed by atoms with van der Waals surface area (Å²) in [4.78, 5) is 37.7.